The lowest BCUT2D eigenvalue weighted by Gasteiger charge is -2.16. The molecule has 0 aliphatic heterocycles. The summed E-state index contributed by atoms with van der Waals surface area (Å²) in [7, 11) is 1.62. The Labute approximate surface area is 142 Å². The minimum Gasteiger partial charge on any atom is -0.497 e. The van der Waals surface area contributed by atoms with Gasteiger partial charge in [0.15, 0.2) is 0 Å². The van der Waals surface area contributed by atoms with Crippen LogP contribution in [0.1, 0.15) is 49.7 Å². The third-order valence-corrected chi connectivity index (χ3v) is 4.06. The van der Waals surface area contributed by atoms with Crippen LogP contribution in [0.4, 0.5) is 0 Å². The Bertz CT molecular complexity index is 799. The van der Waals surface area contributed by atoms with Crippen LogP contribution >= 0.6 is 0 Å². The van der Waals surface area contributed by atoms with Crippen LogP contribution in [0.2, 0.25) is 0 Å². The van der Waals surface area contributed by atoms with E-state index in [1.807, 2.05) is 24.3 Å². The van der Waals surface area contributed by atoms with Crippen molar-refractivity contribution in [1.29, 1.82) is 0 Å². The molecule has 1 aliphatic carbocycles. The van der Waals surface area contributed by atoms with Gasteiger partial charge in [0.05, 0.1) is 18.8 Å². The molecule has 24 heavy (non-hydrogen) atoms. The third-order valence-electron chi connectivity index (χ3n) is 4.06. The van der Waals surface area contributed by atoms with Gasteiger partial charge in [-0.1, -0.05) is 24.0 Å². The molecule has 1 atom stereocenters. The molecule has 2 N–H and O–H groups in total. The SMILES string of the molecule is COc1cccc(-c2oc3c(c2C#CC(C)(C)O)C(O)CCC3)c1. The number of rotatable bonds is 2. The number of aliphatic hydroxyl groups is 2. The lowest BCUT2D eigenvalue weighted by atomic mass is 9.91. The van der Waals surface area contributed by atoms with E-state index in [0.717, 1.165) is 35.5 Å². The normalized spacial score (nSPS) is 17.0. The van der Waals surface area contributed by atoms with Gasteiger partial charge in [0.2, 0.25) is 0 Å². The van der Waals surface area contributed by atoms with Crippen molar-refractivity contribution >= 4 is 0 Å². The smallest absolute Gasteiger partial charge is 0.150 e. The van der Waals surface area contributed by atoms with Gasteiger partial charge in [-0.05, 0) is 38.8 Å². The molecule has 0 fully saturated rings. The van der Waals surface area contributed by atoms with E-state index in [1.165, 1.54) is 0 Å². The highest BCUT2D eigenvalue weighted by Gasteiger charge is 2.28. The fourth-order valence-corrected chi connectivity index (χ4v) is 2.94. The van der Waals surface area contributed by atoms with E-state index in [2.05, 4.69) is 11.8 Å². The molecule has 0 spiro atoms. The van der Waals surface area contributed by atoms with E-state index < -0.39 is 11.7 Å². The molecule has 1 aromatic carbocycles. The summed E-state index contributed by atoms with van der Waals surface area (Å²) < 4.78 is 11.3. The lowest BCUT2D eigenvalue weighted by molar-refractivity contribution is 0.143. The van der Waals surface area contributed by atoms with Gasteiger partial charge in [-0.2, -0.15) is 0 Å². The van der Waals surface area contributed by atoms with Crippen molar-refractivity contribution in [2.45, 2.75) is 44.8 Å². The Balaban J connectivity index is 2.19. The summed E-state index contributed by atoms with van der Waals surface area (Å²) in [5, 5.41) is 20.4. The number of ether oxygens (including phenoxy) is 1. The van der Waals surface area contributed by atoms with E-state index >= 15 is 0 Å². The molecule has 4 heteroatoms. The first-order chi connectivity index (χ1) is 11.4. The molecule has 0 radical (unpaired) electrons. The minimum absolute atomic E-state index is 0.581. The van der Waals surface area contributed by atoms with Gasteiger partial charge in [-0.25, -0.2) is 0 Å². The van der Waals surface area contributed by atoms with E-state index in [1.54, 1.807) is 21.0 Å². The highest BCUT2D eigenvalue weighted by molar-refractivity contribution is 5.70. The molecule has 126 valence electrons. The molecule has 0 bridgehead atoms. The van der Waals surface area contributed by atoms with E-state index in [4.69, 9.17) is 9.15 Å². The standard InChI is InChI=1S/C20H22O4/c1-20(2,22)11-10-15-18-16(21)8-5-9-17(18)24-19(15)13-6-4-7-14(12-13)23-3/h4,6-7,12,16,21-22H,5,8-9H2,1-3H3. The predicted octanol–water partition coefficient (Wildman–Crippen LogP) is 3.45. The van der Waals surface area contributed by atoms with Crippen molar-refractivity contribution < 1.29 is 19.4 Å². The summed E-state index contributed by atoms with van der Waals surface area (Å²) in [6.45, 7) is 3.27. The fraction of sp³-hybridized carbons (Fsp3) is 0.400. The van der Waals surface area contributed by atoms with Crippen LogP contribution in [0, 0.1) is 11.8 Å². The van der Waals surface area contributed by atoms with Crippen LogP contribution in [0.15, 0.2) is 28.7 Å². The third kappa shape index (κ3) is 3.33. The number of aryl methyl sites for hydroxylation is 1. The van der Waals surface area contributed by atoms with Crippen molar-refractivity contribution in [2.24, 2.45) is 0 Å². The number of furan rings is 1. The number of benzene rings is 1. The molecule has 4 nitrogen and oxygen atoms in total. The summed E-state index contributed by atoms with van der Waals surface area (Å²) in [5.74, 6) is 8.00. The first-order valence-electron chi connectivity index (χ1n) is 8.12. The number of methoxy groups -OCH3 is 1. The number of fused-ring (bicyclic) bond motifs is 1. The van der Waals surface area contributed by atoms with E-state index in [-0.39, 0.29) is 0 Å². The van der Waals surface area contributed by atoms with Crippen molar-refractivity contribution in [3.05, 3.63) is 41.2 Å². The van der Waals surface area contributed by atoms with Gasteiger partial charge in [0.25, 0.3) is 0 Å². The van der Waals surface area contributed by atoms with Crippen LogP contribution in [-0.2, 0) is 6.42 Å². The predicted molar refractivity (Wildman–Crippen MR) is 91.8 cm³/mol. The zero-order valence-corrected chi connectivity index (χ0v) is 14.2. The zero-order valence-electron chi connectivity index (χ0n) is 14.2. The van der Waals surface area contributed by atoms with Crippen LogP contribution in [0.3, 0.4) is 0 Å². The van der Waals surface area contributed by atoms with Crippen LogP contribution in [-0.4, -0.2) is 22.9 Å². The van der Waals surface area contributed by atoms with E-state index in [9.17, 15) is 10.2 Å². The van der Waals surface area contributed by atoms with Crippen LogP contribution < -0.4 is 4.74 Å². The van der Waals surface area contributed by atoms with Gasteiger partial charge in [0, 0.05) is 17.5 Å². The summed E-state index contributed by atoms with van der Waals surface area (Å²) in [5.41, 5.74) is 1.15. The van der Waals surface area contributed by atoms with Crippen molar-refractivity contribution in [3.63, 3.8) is 0 Å². The monoisotopic (exact) mass is 326 g/mol. The summed E-state index contributed by atoms with van der Waals surface area (Å²) >= 11 is 0. The molecular weight excluding hydrogens is 304 g/mol. The van der Waals surface area contributed by atoms with Gasteiger partial charge < -0.3 is 19.4 Å². The quantitative estimate of drug-likeness (QED) is 0.830. The van der Waals surface area contributed by atoms with E-state index in [0.29, 0.717) is 17.7 Å². The number of hydrogen-bond donors (Lipinski definition) is 2. The number of aliphatic hydroxyl groups excluding tert-OH is 1. The van der Waals surface area contributed by atoms with Crippen molar-refractivity contribution in [3.8, 4) is 28.9 Å². The molecular formula is C20H22O4. The molecule has 3 rings (SSSR count). The molecule has 0 saturated heterocycles. The maximum Gasteiger partial charge on any atom is 0.150 e. The summed E-state index contributed by atoms with van der Waals surface area (Å²) in [4.78, 5) is 0. The molecule has 0 saturated carbocycles. The Hall–Kier alpha value is -2.22. The molecule has 1 aliphatic rings. The Morgan fingerprint density at radius 3 is 2.83 bits per heavy atom. The highest BCUT2D eigenvalue weighted by atomic mass is 16.5. The first-order valence-corrected chi connectivity index (χ1v) is 8.12. The van der Waals surface area contributed by atoms with Crippen molar-refractivity contribution in [2.75, 3.05) is 7.11 Å². The van der Waals surface area contributed by atoms with Crippen LogP contribution in [0.25, 0.3) is 11.3 Å². The van der Waals surface area contributed by atoms with Gasteiger partial charge in [-0.3, -0.25) is 0 Å². The molecule has 1 heterocycles. The van der Waals surface area contributed by atoms with Gasteiger partial charge in [-0.15, -0.1) is 0 Å². The Kier molecular flexibility index (Phi) is 4.40. The topological polar surface area (TPSA) is 62.8 Å². The average molecular weight is 326 g/mol. The second-order valence-electron chi connectivity index (χ2n) is 6.59. The minimum atomic E-state index is -1.12. The lowest BCUT2D eigenvalue weighted by Crippen LogP contribution is -2.15. The largest absolute Gasteiger partial charge is 0.497 e. The highest BCUT2D eigenvalue weighted by Crippen LogP contribution is 2.40. The molecule has 1 unspecified atom stereocenters. The zero-order chi connectivity index (χ0) is 17.3. The second-order valence-corrected chi connectivity index (χ2v) is 6.59. The first kappa shape index (κ1) is 16.6. The Morgan fingerprint density at radius 1 is 1.33 bits per heavy atom. The van der Waals surface area contributed by atoms with Gasteiger partial charge >= 0.3 is 0 Å². The molecule has 1 aromatic heterocycles. The maximum atomic E-state index is 10.4. The number of hydrogen-bond acceptors (Lipinski definition) is 4. The molecule has 2 aromatic rings. The summed E-state index contributed by atoms with van der Waals surface area (Å²) in [6.07, 6.45) is 1.79. The average Bonchev–Trinajstić information content (AvgIpc) is 2.92. The van der Waals surface area contributed by atoms with Crippen LogP contribution in [0.5, 0.6) is 5.75 Å². The van der Waals surface area contributed by atoms with Crippen molar-refractivity contribution in [1.82, 2.24) is 0 Å². The fourth-order valence-electron chi connectivity index (χ4n) is 2.94. The van der Waals surface area contributed by atoms with Gasteiger partial charge in [0.1, 0.15) is 22.9 Å². The molecule has 0 amide bonds. The maximum absolute atomic E-state index is 10.4. The Morgan fingerprint density at radius 2 is 2.12 bits per heavy atom. The second kappa shape index (κ2) is 6.35. The summed E-state index contributed by atoms with van der Waals surface area (Å²) in [6, 6.07) is 7.56.